The molecule has 0 amide bonds. The Bertz CT molecular complexity index is 980. The highest BCUT2D eigenvalue weighted by Gasteiger charge is 2.19. The average Bonchev–Trinajstić information content (AvgIpc) is 3.27. The summed E-state index contributed by atoms with van der Waals surface area (Å²) in [6.07, 6.45) is 1.80. The van der Waals surface area contributed by atoms with Gasteiger partial charge in [-0.1, -0.05) is 75.4 Å². The van der Waals surface area contributed by atoms with Crippen LogP contribution in [0.25, 0.3) is 0 Å². The molecule has 3 aromatic rings. The molecule has 0 fully saturated rings. The Kier molecular flexibility index (Phi) is 10.9. The maximum absolute atomic E-state index is 5.84. The molecule has 2 N–H and O–H groups in total. The SMILES string of the molecule is CCNC(=NCc1ccc(COCc2ccccc2)cc1)NCc1ncc(C(C)(C)C)o1.I. The zero-order valence-electron chi connectivity index (χ0n) is 19.9. The summed E-state index contributed by atoms with van der Waals surface area (Å²) in [7, 11) is 0. The van der Waals surface area contributed by atoms with E-state index in [-0.39, 0.29) is 29.4 Å². The highest BCUT2D eigenvalue weighted by Crippen LogP contribution is 2.22. The van der Waals surface area contributed by atoms with E-state index in [0.29, 0.717) is 32.2 Å². The highest BCUT2D eigenvalue weighted by atomic mass is 127. The van der Waals surface area contributed by atoms with Gasteiger partial charge in [0, 0.05) is 12.0 Å². The van der Waals surface area contributed by atoms with Gasteiger partial charge in [-0.3, -0.25) is 0 Å². The quantitative estimate of drug-likeness (QED) is 0.203. The summed E-state index contributed by atoms with van der Waals surface area (Å²) in [5.74, 6) is 2.27. The monoisotopic (exact) mass is 562 g/mol. The minimum absolute atomic E-state index is 0. The molecule has 0 bridgehead atoms. The zero-order valence-corrected chi connectivity index (χ0v) is 22.3. The van der Waals surface area contributed by atoms with Crippen LogP contribution in [0.2, 0.25) is 0 Å². The third kappa shape index (κ3) is 9.17. The van der Waals surface area contributed by atoms with Crippen LogP contribution in [0.4, 0.5) is 0 Å². The van der Waals surface area contributed by atoms with Gasteiger partial charge in [0.25, 0.3) is 0 Å². The molecule has 0 spiro atoms. The van der Waals surface area contributed by atoms with Gasteiger partial charge in [-0.25, -0.2) is 9.98 Å². The number of ether oxygens (including phenoxy) is 1. The van der Waals surface area contributed by atoms with Crippen LogP contribution in [0, 0.1) is 0 Å². The number of hydrogen-bond acceptors (Lipinski definition) is 4. The zero-order chi connectivity index (χ0) is 22.8. The third-order valence-electron chi connectivity index (χ3n) is 4.87. The van der Waals surface area contributed by atoms with Crippen LogP contribution < -0.4 is 10.6 Å². The molecule has 6 nitrogen and oxygen atoms in total. The van der Waals surface area contributed by atoms with Crippen LogP contribution in [0.1, 0.15) is 56.0 Å². The van der Waals surface area contributed by atoms with Crippen LogP contribution >= 0.6 is 24.0 Å². The lowest BCUT2D eigenvalue weighted by Crippen LogP contribution is -2.36. The van der Waals surface area contributed by atoms with Crippen LogP contribution in [0.3, 0.4) is 0 Å². The summed E-state index contributed by atoms with van der Waals surface area (Å²) in [4.78, 5) is 9.04. The predicted molar refractivity (Wildman–Crippen MR) is 144 cm³/mol. The second-order valence-corrected chi connectivity index (χ2v) is 8.71. The first-order valence-corrected chi connectivity index (χ1v) is 11.1. The number of aliphatic imine (C=N–C) groups is 1. The van der Waals surface area contributed by atoms with Crippen molar-refractivity contribution >= 4 is 29.9 Å². The number of nitrogens with one attached hydrogen (secondary N) is 2. The minimum atomic E-state index is -0.0530. The summed E-state index contributed by atoms with van der Waals surface area (Å²) in [6, 6.07) is 18.6. The molecule has 2 aromatic carbocycles. The fourth-order valence-electron chi connectivity index (χ4n) is 3.01. The molecule has 0 saturated heterocycles. The van der Waals surface area contributed by atoms with E-state index in [2.05, 4.69) is 77.8 Å². The lowest BCUT2D eigenvalue weighted by molar-refractivity contribution is 0.107. The summed E-state index contributed by atoms with van der Waals surface area (Å²) >= 11 is 0. The number of halogens is 1. The number of oxazole rings is 1. The van der Waals surface area contributed by atoms with E-state index in [9.17, 15) is 0 Å². The number of aromatic nitrogens is 1. The van der Waals surface area contributed by atoms with Gasteiger partial charge >= 0.3 is 0 Å². The summed E-state index contributed by atoms with van der Waals surface area (Å²) in [5.41, 5.74) is 3.42. The molecule has 0 atom stereocenters. The standard InChI is InChI=1S/C26H34N4O2.HI/c1-5-27-25(30-17-24-28-16-23(32-24)26(2,3)4)29-15-20-11-13-22(14-12-20)19-31-18-21-9-7-6-8-10-21;/h6-14,16H,5,15,17-19H2,1-4H3,(H2,27,29,30);1H. The van der Waals surface area contributed by atoms with E-state index in [1.807, 2.05) is 25.1 Å². The van der Waals surface area contributed by atoms with E-state index in [1.54, 1.807) is 6.20 Å². The Labute approximate surface area is 214 Å². The van der Waals surface area contributed by atoms with E-state index in [1.165, 1.54) is 5.56 Å². The van der Waals surface area contributed by atoms with Crippen molar-refractivity contribution in [2.24, 2.45) is 4.99 Å². The molecule has 1 heterocycles. The fourth-order valence-corrected chi connectivity index (χ4v) is 3.01. The van der Waals surface area contributed by atoms with Gasteiger partial charge in [-0.05, 0) is 23.6 Å². The van der Waals surface area contributed by atoms with Gasteiger partial charge in [0.2, 0.25) is 5.89 Å². The number of nitrogens with zero attached hydrogens (tertiary/aromatic N) is 2. The predicted octanol–water partition coefficient (Wildman–Crippen LogP) is 5.56. The van der Waals surface area contributed by atoms with Gasteiger partial charge < -0.3 is 19.8 Å². The lowest BCUT2D eigenvalue weighted by Gasteiger charge is -2.13. The summed E-state index contributed by atoms with van der Waals surface area (Å²) in [6.45, 7) is 11.4. The Hall–Kier alpha value is -2.39. The van der Waals surface area contributed by atoms with Crippen molar-refractivity contribution in [3.8, 4) is 0 Å². The topological polar surface area (TPSA) is 71.7 Å². The Balaban J connectivity index is 0.00000385. The molecule has 0 aliphatic carbocycles. The first kappa shape index (κ1) is 26.9. The highest BCUT2D eigenvalue weighted by molar-refractivity contribution is 14.0. The van der Waals surface area contributed by atoms with Gasteiger partial charge in [0.15, 0.2) is 5.96 Å². The van der Waals surface area contributed by atoms with Crippen molar-refractivity contribution in [2.45, 2.75) is 59.4 Å². The fraction of sp³-hybridized carbons (Fsp3) is 0.385. The average molecular weight is 562 g/mol. The van der Waals surface area contributed by atoms with Crippen molar-refractivity contribution in [3.05, 3.63) is 89.1 Å². The molecule has 0 aliphatic rings. The summed E-state index contributed by atoms with van der Waals surface area (Å²) in [5, 5.41) is 6.55. The molecule has 3 rings (SSSR count). The van der Waals surface area contributed by atoms with Gasteiger partial charge in [-0.2, -0.15) is 0 Å². The second-order valence-electron chi connectivity index (χ2n) is 8.71. The van der Waals surface area contributed by atoms with E-state index < -0.39 is 0 Å². The Morgan fingerprint density at radius 2 is 1.58 bits per heavy atom. The molecule has 0 radical (unpaired) electrons. The normalized spacial score (nSPS) is 11.7. The van der Waals surface area contributed by atoms with Gasteiger partial charge in [0.05, 0.1) is 32.5 Å². The molecule has 7 heteroatoms. The maximum Gasteiger partial charge on any atom is 0.213 e. The van der Waals surface area contributed by atoms with Crippen LogP contribution in [0.15, 0.2) is 70.2 Å². The largest absolute Gasteiger partial charge is 0.443 e. The third-order valence-corrected chi connectivity index (χ3v) is 4.87. The maximum atomic E-state index is 5.84. The van der Waals surface area contributed by atoms with E-state index >= 15 is 0 Å². The van der Waals surface area contributed by atoms with Crippen molar-refractivity contribution < 1.29 is 9.15 Å². The van der Waals surface area contributed by atoms with E-state index in [0.717, 1.165) is 29.4 Å². The molecule has 0 saturated carbocycles. The molecular formula is C26H35IN4O2. The smallest absolute Gasteiger partial charge is 0.213 e. The lowest BCUT2D eigenvalue weighted by atomic mass is 9.94. The minimum Gasteiger partial charge on any atom is -0.443 e. The first-order chi connectivity index (χ1) is 15.4. The van der Waals surface area contributed by atoms with Crippen LogP contribution in [-0.2, 0) is 36.5 Å². The van der Waals surface area contributed by atoms with Crippen LogP contribution in [-0.4, -0.2) is 17.5 Å². The van der Waals surface area contributed by atoms with Crippen molar-refractivity contribution in [3.63, 3.8) is 0 Å². The van der Waals surface area contributed by atoms with Crippen molar-refractivity contribution in [1.29, 1.82) is 0 Å². The number of hydrogen-bond donors (Lipinski definition) is 2. The van der Waals surface area contributed by atoms with Crippen LogP contribution in [0.5, 0.6) is 0 Å². The molecule has 33 heavy (non-hydrogen) atoms. The number of guanidine groups is 1. The van der Waals surface area contributed by atoms with Crippen molar-refractivity contribution in [2.75, 3.05) is 6.54 Å². The second kappa shape index (κ2) is 13.3. The molecule has 0 aliphatic heterocycles. The molecule has 0 unspecified atom stereocenters. The Morgan fingerprint density at radius 3 is 2.18 bits per heavy atom. The molecular weight excluding hydrogens is 527 g/mol. The van der Waals surface area contributed by atoms with Gasteiger partial charge in [0.1, 0.15) is 5.76 Å². The number of rotatable bonds is 9. The Morgan fingerprint density at radius 1 is 0.939 bits per heavy atom. The summed E-state index contributed by atoms with van der Waals surface area (Å²) < 4.78 is 11.7. The van der Waals surface area contributed by atoms with Crippen molar-refractivity contribution in [1.82, 2.24) is 15.6 Å². The molecule has 178 valence electrons. The first-order valence-electron chi connectivity index (χ1n) is 11.1. The van der Waals surface area contributed by atoms with Gasteiger partial charge in [-0.15, -0.1) is 24.0 Å². The molecule has 1 aromatic heterocycles. The van der Waals surface area contributed by atoms with E-state index in [4.69, 9.17) is 9.15 Å². The number of benzene rings is 2.